The van der Waals surface area contributed by atoms with Gasteiger partial charge in [0.25, 0.3) is 5.91 Å². The Balaban J connectivity index is 1.46. The minimum absolute atomic E-state index is 0.208. The minimum atomic E-state index is -0.208. The summed E-state index contributed by atoms with van der Waals surface area (Å²) in [5, 5.41) is 4.81. The first-order chi connectivity index (χ1) is 14.7. The van der Waals surface area contributed by atoms with Crippen LogP contribution in [0.5, 0.6) is 5.75 Å². The summed E-state index contributed by atoms with van der Waals surface area (Å²) in [5.41, 5.74) is 2.22. The number of carbonyl (C=O) groups is 1. The van der Waals surface area contributed by atoms with Gasteiger partial charge in [0.05, 0.1) is 24.6 Å². The van der Waals surface area contributed by atoms with E-state index in [0.717, 1.165) is 63.1 Å². The first-order valence-corrected chi connectivity index (χ1v) is 12.1. The molecule has 0 saturated carbocycles. The van der Waals surface area contributed by atoms with Crippen molar-refractivity contribution >= 4 is 44.5 Å². The molecule has 1 aromatic heterocycles. The van der Waals surface area contributed by atoms with Gasteiger partial charge < -0.3 is 19.7 Å². The Morgan fingerprint density at radius 1 is 1.20 bits per heavy atom. The van der Waals surface area contributed by atoms with Crippen LogP contribution < -0.4 is 15.0 Å². The lowest BCUT2D eigenvalue weighted by Crippen LogP contribution is -2.38. The van der Waals surface area contributed by atoms with Crippen molar-refractivity contribution in [2.75, 3.05) is 62.8 Å². The van der Waals surface area contributed by atoms with E-state index in [1.807, 2.05) is 12.1 Å². The average Bonchev–Trinajstić information content (AvgIpc) is 3.22. The number of thiazole rings is 1. The Morgan fingerprint density at radius 2 is 2.00 bits per heavy atom. The van der Waals surface area contributed by atoms with Gasteiger partial charge in [0.1, 0.15) is 18.1 Å². The molecule has 4 rings (SSSR count). The fraction of sp³-hybridized carbons (Fsp3) is 0.524. The predicted molar refractivity (Wildman–Crippen MR) is 123 cm³/mol. The molecule has 2 aliphatic heterocycles. The topological polar surface area (TPSA) is 66.9 Å². The third-order valence-corrected chi connectivity index (χ3v) is 6.77. The number of hydrogen-bond acceptors (Lipinski definition) is 7. The third-order valence-electron chi connectivity index (χ3n) is 5.40. The minimum Gasteiger partial charge on any atom is -0.492 e. The highest BCUT2D eigenvalue weighted by atomic mass is 79.9. The fourth-order valence-electron chi connectivity index (χ4n) is 3.78. The third kappa shape index (κ3) is 5.72. The van der Waals surface area contributed by atoms with Crippen LogP contribution in [0.4, 0.5) is 11.4 Å². The molecular weight excluding hydrogens is 468 g/mol. The van der Waals surface area contributed by atoms with Gasteiger partial charge in [0, 0.05) is 44.2 Å². The zero-order valence-electron chi connectivity index (χ0n) is 16.9. The van der Waals surface area contributed by atoms with E-state index < -0.39 is 0 Å². The summed E-state index contributed by atoms with van der Waals surface area (Å²) in [7, 11) is 0. The Bertz CT molecular complexity index is 851. The number of benzene rings is 1. The molecule has 2 aliphatic rings. The molecule has 7 nitrogen and oxygen atoms in total. The number of halogens is 1. The molecule has 0 spiro atoms. The summed E-state index contributed by atoms with van der Waals surface area (Å²) in [5.74, 6) is 0.555. The van der Waals surface area contributed by atoms with Crippen LogP contribution in [-0.2, 0) is 4.74 Å². The molecule has 2 aromatic rings. The molecule has 30 heavy (non-hydrogen) atoms. The van der Waals surface area contributed by atoms with Crippen LogP contribution >= 0.6 is 27.3 Å². The monoisotopic (exact) mass is 494 g/mol. The molecule has 1 amide bonds. The number of nitrogens with zero attached hydrogens (tertiary/aromatic N) is 3. The average molecular weight is 495 g/mol. The molecule has 0 radical (unpaired) electrons. The largest absolute Gasteiger partial charge is 0.492 e. The van der Waals surface area contributed by atoms with Crippen LogP contribution in [0.25, 0.3) is 0 Å². The second-order valence-corrected chi connectivity index (χ2v) is 9.60. The van der Waals surface area contributed by atoms with Gasteiger partial charge in [-0.2, -0.15) is 0 Å². The van der Waals surface area contributed by atoms with Crippen molar-refractivity contribution in [1.82, 2.24) is 9.88 Å². The predicted octanol–water partition coefficient (Wildman–Crippen LogP) is 3.86. The van der Waals surface area contributed by atoms with Gasteiger partial charge in [-0.15, -0.1) is 11.3 Å². The smallest absolute Gasteiger partial charge is 0.275 e. The van der Waals surface area contributed by atoms with Crippen molar-refractivity contribution in [3.63, 3.8) is 0 Å². The van der Waals surface area contributed by atoms with E-state index in [-0.39, 0.29) is 5.91 Å². The molecule has 0 bridgehead atoms. The molecular formula is C21H27BrN4O3S. The zero-order valence-corrected chi connectivity index (χ0v) is 19.3. The molecule has 0 aliphatic carbocycles. The normalized spacial score (nSPS) is 17.7. The van der Waals surface area contributed by atoms with Crippen molar-refractivity contribution in [2.45, 2.75) is 19.3 Å². The molecule has 0 atom stereocenters. The van der Waals surface area contributed by atoms with E-state index in [1.54, 1.807) is 5.38 Å². The molecule has 1 aromatic carbocycles. The van der Waals surface area contributed by atoms with Gasteiger partial charge in [0.15, 0.2) is 3.92 Å². The second kappa shape index (κ2) is 10.6. The number of piperidine rings is 1. The van der Waals surface area contributed by atoms with Gasteiger partial charge in [-0.25, -0.2) is 4.98 Å². The summed E-state index contributed by atoms with van der Waals surface area (Å²) >= 11 is 4.72. The summed E-state index contributed by atoms with van der Waals surface area (Å²) in [6.07, 6.45) is 3.60. The van der Waals surface area contributed by atoms with Gasteiger partial charge in [-0.05, 0) is 47.3 Å². The van der Waals surface area contributed by atoms with Crippen molar-refractivity contribution in [1.29, 1.82) is 0 Å². The van der Waals surface area contributed by atoms with Crippen LogP contribution in [0.15, 0.2) is 27.5 Å². The fourth-order valence-corrected chi connectivity index (χ4v) is 4.77. The molecule has 1 N–H and O–H groups in total. The van der Waals surface area contributed by atoms with Crippen LogP contribution in [-0.4, -0.2) is 68.3 Å². The standard InChI is InChI=1S/C21H27BrN4O3S/c22-21-24-18(15-30-21)20(27)23-17-14-16(29-13-10-25-8-11-28-12-9-25)4-5-19(17)26-6-2-1-3-7-26/h4-5,14-15H,1-3,6-13H2,(H,23,27). The number of anilines is 2. The lowest BCUT2D eigenvalue weighted by atomic mass is 10.1. The van der Waals surface area contributed by atoms with Crippen LogP contribution in [0.3, 0.4) is 0 Å². The van der Waals surface area contributed by atoms with E-state index in [4.69, 9.17) is 9.47 Å². The second-order valence-electron chi connectivity index (χ2n) is 7.47. The van der Waals surface area contributed by atoms with Crippen molar-refractivity contribution in [2.24, 2.45) is 0 Å². The molecule has 9 heteroatoms. The molecule has 2 saturated heterocycles. The van der Waals surface area contributed by atoms with E-state index in [9.17, 15) is 4.79 Å². The maximum Gasteiger partial charge on any atom is 0.275 e. The number of carbonyl (C=O) groups excluding carboxylic acids is 1. The lowest BCUT2D eigenvalue weighted by molar-refractivity contribution is 0.0322. The maximum atomic E-state index is 12.7. The first kappa shape index (κ1) is 21.5. The zero-order chi connectivity index (χ0) is 20.8. The number of rotatable bonds is 7. The van der Waals surface area contributed by atoms with E-state index in [2.05, 4.69) is 42.1 Å². The highest BCUT2D eigenvalue weighted by molar-refractivity contribution is 9.11. The van der Waals surface area contributed by atoms with Crippen molar-refractivity contribution < 1.29 is 14.3 Å². The number of morpholine rings is 1. The SMILES string of the molecule is O=C(Nc1cc(OCCN2CCOCC2)ccc1N1CCCCC1)c1csc(Br)n1. The number of aromatic nitrogens is 1. The van der Waals surface area contributed by atoms with E-state index in [0.29, 0.717) is 16.2 Å². The Hall–Kier alpha value is -1.68. The van der Waals surface area contributed by atoms with Crippen LogP contribution in [0.2, 0.25) is 0 Å². The number of nitrogens with one attached hydrogen (secondary N) is 1. The molecule has 162 valence electrons. The summed E-state index contributed by atoms with van der Waals surface area (Å²) < 4.78 is 12.1. The van der Waals surface area contributed by atoms with Gasteiger partial charge in [0.2, 0.25) is 0 Å². The molecule has 3 heterocycles. The van der Waals surface area contributed by atoms with E-state index in [1.165, 1.54) is 30.6 Å². The van der Waals surface area contributed by atoms with Gasteiger partial charge in [-0.1, -0.05) is 0 Å². The number of ether oxygens (including phenoxy) is 2. The Labute approximate surface area is 189 Å². The van der Waals surface area contributed by atoms with Crippen LogP contribution in [0, 0.1) is 0 Å². The Morgan fingerprint density at radius 3 is 2.73 bits per heavy atom. The Kier molecular flexibility index (Phi) is 7.59. The highest BCUT2D eigenvalue weighted by Crippen LogP contribution is 2.33. The summed E-state index contributed by atoms with van der Waals surface area (Å²) in [6, 6.07) is 5.99. The maximum absolute atomic E-state index is 12.7. The summed E-state index contributed by atoms with van der Waals surface area (Å²) in [4.78, 5) is 21.6. The molecule has 0 unspecified atom stereocenters. The van der Waals surface area contributed by atoms with Crippen molar-refractivity contribution in [3.05, 3.63) is 33.2 Å². The van der Waals surface area contributed by atoms with E-state index >= 15 is 0 Å². The quantitative estimate of drug-likeness (QED) is 0.630. The number of amides is 1. The van der Waals surface area contributed by atoms with Crippen molar-refractivity contribution in [3.8, 4) is 5.75 Å². The van der Waals surface area contributed by atoms with Gasteiger partial charge >= 0.3 is 0 Å². The highest BCUT2D eigenvalue weighted by Gasteiger charge is 2.19. The lowest BCUT2D eigenvalue weighted by Gasteiger charge is -2.31. The summed E-state index contributed by atoms with van der Waals surface area (Å²) in [6.45, 7) is 6.94. The molecule has 2 fully saturated rings. The van der Waals surface area contributed by atoms with Gasteiger partial charge in [-0.3, -0.25) is 9.69 Å². The number of hydrogen-bond donors (Lipinski definition) is 1. The first-order valence-electron chi connectivity index (χ1n) is 10.4. The van der Waals surface area contributed by atoms with Crippen LogP contribution in [0.1, 0.15) is 29.8 Å².